The Hall–Kier alpha value is -4.98. The number of rotatable bonds is 13. The van der Waals surface area contributed by atoms with E-state index in [1.165, 1.54) is 6.07 Å². The van der Waals surface area contributed by atoms with Gasteiger partial charge in [-0.3, -0.25) is 4.79 Å². The number of carboxylic acids is 1. The SMILES string of the molecule is O=C(O)CCCCCOc1cccc2c(Nc3nc(OCc4ccccc4F)cc(-c4ccccc4)n3)cccc12. The van der Waals surface area contributed by atoms with Gasteiger partial charge in [-0.25, -0.2) is 9.37 Å². The zero-order valence-electron chi connectivity index (χ0n) is 22.4. The highest BCUT2D eigenvalue weighted by atomic mass is 19.1. The maximum atomic E-state index is 14.2. The van der Waals surface area contributed by atoms with Gasteiger partial charge in [0, 0.05) is 40.1 Å². The molecule has 8 heteroatoms. The predicted molar refractivity (Wildman–Crippen MR) is 157 cm³/mol. The third-order valence-corrected chi connectivity index (χ3v) is 6.53. The van der Waals surface area contributed by atoms with Crippen molar-refractivity contribution in [1.82, 2.24) is 9.97 Å². The Labute approximate surface area is 237 Å². The number of benzene rings is 4. The van der Waals surface area contributed by atoms with Crippen LogP contribution in [0.5, 0.6) is 11.6 Å². The quantitative estimate of drug-likeness (QED) is 0.144. The lowest BCUT2D eigenvalue weighted by Crippen LogP contribution is -2.04. The van der Waals surface area contributed by atoms with Crippen LogP contribution < -0.4 is 14.8 Å². The first-order chi connectivity index (χ1) is 20.1. The molecule has 0 aliphatic carbocycles. The Morgan fingerprint density at radius 3 is 2.41 bits per heavy atom. The fourth-order valence-corrected chi connectivity index (χ4v) is 4.45. The van der Waals surface area contributed by atoms with Gasteiger partial charge < -0.3 is 19.9 Å². The Kier molecular flexibility index (Phi) is 9.01. The third kappa shape index (κ3) is 7.36. The average molecular weight is 552 g/mol. The summed E-state index contributed by atoms with van der Waals surface area (Å²) in [5.41, 5.74) is 2.79. The van der Waals surface area contributed by atoms with Crippen molar-refractivity contribution in [2.45, 2.75) is 32.3 Å². The van der Waals surface area contributed by atoms with Crippen molar-refractivity contribution in [3.8, 4) is 22.9 Å². The summed E-state index contributed by atoms with van der Waals surface area (Å²) in [5, 5.41) is 14.0. The van der Waals surface area contributed by atoms with Crippen LogP contribution in [0.15, 0.2) is 97.1 Å². The molecule has 1 heterocycles. The summed E-state index contributed by atoms with van der Waals surface area (Å²) in [5.74, 6) is 0.292. The first-order valence-electron chi connectivity index (χ1n) is 13.5. The van der Waals surface area contributed by atoms with E-state index in [1.807, 2.05) is 66.7 Å². The number of nitrogens with zero attached hydrogens (tertiary/aromatic N) is 2. The minimum absolute atomic E-state index is 0.0304. The minimum atomic E-state index is -0.776. The van der Waals surface area contributed by atoms with Gasteiger partial charge in [0.05, 0.1) is 12.3 Å². The van der Waals surface area contributed by atoms with Gasteiger partial charge in [-0.05, 0) is 37.5 Å². The molecule has 41 heavy (non-hydrogen) atoms. The number of unbranched alkanes of at least 4 members (excludes halogenated alkanes) is 2. The highest BCUT2D eigenvalue weighted by Gasteiger charge is 2.12. The molecule has 0 atom stereocenters. The molecule has 5 rings (SSSR count). The molecule has 4 aromatic carbocycles. The second-order valence-corrected chi connectivity index (χ2v) is 9.50. The maximum Gasteiger partial charge on any atom is 0.303 e. The summed E-state index contributed by atoms with van der Waals surface area (Å²) in [7, 11) is 0. The molecule has 7 nitrogen and oxygen atoms in total. The summed E-state index contributed by atoms with van der Waals surface area (Å²) in [6.07, 6.45) is 2.38. The zero-order valence-corrected chi connectivity index (χ0v) is 22.4. The van der Waals surface area contributed by atoms with Crippen LogP contribution in [0.1, 0.15) is 31.2 Å². The summed E-state index contributed by atoms with van der Waals surface area (Å²) in [6.45, 7) is 0.532. The lowest BCUT2D eigenvalue weighted by Gasteiger charge is -2.14. The van der Waals surface area contributed by atoms with E-state index in [-0.39, 0.29) is 18.8 Å². The van der Waals surface area contributed by atoms with Crippen LogP contribution in [-0.4, -0.2) is 27.7 Å². The van der Waals surface area contributed by atoms with E-state index < -0.39 is 5.97 Å². The van der Waals surface area contributed by atoms with E-state index in [1.54, 1.807) is 24.3 Å². The number of fused-ring (bicyclic) bond motifs is 1. The first kappa shape index (κ1) is 27.6. The number of ether oxygens (including phenoxy) is 2. The van der Waals surface area contributed by atoms with Crippen molar-refractivity contribution in [1.29, 1.82) is 0 Å². The number of anilines is 2. The summed E-state index contributed by atoms with van der Waals surface area (Å²) in [6, 6.07) is 29.6. The number of nitrogens with one attached hydrogen (secondary N) is 1. The van der Waals surface area contributed by atoms with Crippen LogP contribution in [0.2, 0.25) is 0 Å². The lowest BCUT2D eigenvalue weighted by atomic mass is 10.1. The van der Waals surface area contributed by atoms with Gasteiger partial charge in [-0.2, -0.15) is 4.98 Å². The smallest absolute Gasteiger partial charge is 0.303 e. The van der Waals surface area contributed by atoms with Crippen molar-refractivity contribution in [3.63, 3.8) is 0 Å². The molecule has 208 valence electrons. The summed E-state index contributed by atoms with van der Waals surface area (Å²) >= 11 is 0. The van der Waals surface area contributed by atoms with Crippen molar-refractivity contribution in [2.24, 2.45) is 0 Å². The fraction of sp³-hybridized carbons (Fsp3) is 0.182. The molecule has 2 N–H and O–H groups in total. The van der Waals surface area contributed by atoms with Crippen LogP contribution in [0, 0.1) is 5.82 Å². The monoisotopic (exact) mass is 551 g/mol. The van der Waals surface area contributed by atoms with Crippen LogP contribution in [0.25, 0.3) is 22.0 Å². The molecule has 1 aromatic heterocycles. The summed E-state index contributed by atoms with van der Waals surface area (Å²) in [4.78, 5) is 20.0. The van der Waals surface area contributed by atoms with Crippen LogP contribution >= 0.6 is 0 Å². The largest absolute Gasteiger partial charge is 0.493 e. The minimum Gasteiger partial charge on any atom is -0.493 e. The van der Waals surface area contributed by atoms with E-state index in [0.717, 1.165) is 40.6 Å². The van der Waals surface area contributed by atoms with Crippen LogP contribution in [-0.2, 0) is 11.4 Å². The molecule has 0 spiro atoms. The molecule has 0 aliphatic heterocycles. The lowest BCUT2D eigenvalue weighted by molar-refractivity contribution is -0.137. The Morgan fingerprint density at radius 2 is 1.59 bits per heavy atom. The molecular weight excluding hydrogens is 521 g/mol. The van der Waals surface area contributed by atoms with E-state index in [2.05, 4.69) is 10.3 Å². The van der Waals surface area contributed by atoms with Gasteiger partial charge in [0.1, 0.15) is 18.2 Å². The van der Waals surface area contributed by atoms with Gasteiger partial charge in [0.25, 0.3) is 0 Å². The molecule has 0 bridgehead atoms. The van der Waals surface area contributed by atoms with E-state index >= 15 is 0 Å². The predicted octanol–water partition coefficient (Wildman–Crippen LogP) is 7.78. The molecule has 0 saturated carbocycles. The van der Waals surface area contributed by atoms with Gasteiger partial charge >= 0.3 is 5.97 Å². The molecule has 0 fully saturated rings. The van der Waals surface area contributed by atoms with Crippen molar-refractivity contribution in [2.75, 3.05) is 11.9 Å². The normalized spacial score (nSPS) is 10.9. The second kappa shape index (κ2) is 13.4. The first-order valence-corrected chi connectivity index (χ1v) is 13.5. The second-order valence-electron chi connectivity index (χ2n) is 9.50. The van der Waals surface area contributed by atoms with Gasteiger partial charge in [0.15, 0.2) is 0 Å². The molecule has 0 unspecified atom stereocenters. The highest BCUT2D eigenvalue weighted by Crippen LogP contribution is 2.33. The number of hydrogen-bond acceptors (Lipinski definition) is 6. The van der Waals surface area contributed by atoms with Crippen molar-refractivity contribution < 1.29 is 23.8 Å². The standard InChI is InChI=1S/C33H30FN3O4/c34-27-16-7-6-13-24(27)22-41-31-21-29(23-11-3-1-4-12-23)36-33(37-31)35-28-17-9-15-26-25(28)14-10-18-30(26)40-20-8-2-5-19-32(38)39/h1,3-4,6-7,9-18,21H,2,5,8,19-20,22H2,(H,38,39)(H,35,36,37). The van der Waals surface area contributed by atoms with Gasteiger partial charge in [-0.15, -0.1) is 0 Å². The number of aliphatic carboxylic acids is 1. The molecule has 5 aromatic rings. The highest BCUT2D eigenvalue weighted by molar-refractivity contribution is 5.98. The van der Waals surface area contributed by atoms with Gasteiger partial charge in [-0.1, -0.05) is 72.8 Å². The Balaban J connectivity index is 1.38. The van der Waals surface area contributed by atoms with E-state index in [4.69, 9.17) is 19.6 Å². The maximum absolute atomic E-state index is 14.2. The Morgan fingerprint density at radius 1 is 0.805 bits per heavy atom. The van der Waals surface area contributed by atoms with Gasteiger partial charge in [0.2, 0.25) is 11.8 Å². The van der Waals surface area contributed by atoms with E-state index in [0.29, 0.717) is 36.1 Å². The average Bonchev–Trinajstić information content (AvgIpc) is 2.99. The van der Waals surface area contributed by atoms with Crippen molar-refractivity contribution >= 4 is 28.4 Å². The number of carboxylic acid groups (broad SMARTS) is 1. The molecule has 0 saturated heterocycles. The van der Waals surface area contributed by atoms with Crippen LogP contribution in [0.4, 0.5) is 16.0 Å². The third-order valence-electron chi connectivity index (χ3n) is 6.53. The van der Waals surface area contributed by atoms with Crippen molar-refractivity contribution in [3.05, 3.63) is 108 Å². The number of hydrogen-bond donors (Lipinski definition) is 2. The van der Waals surface area contributed by atoms with E-state index in [9.17, 15) is 9.18 Å². The summed E-state index contributed by atoms with van der Waals surface area (Å²) < 4.78 is 26.2. The number of carbonyl (C=O) groups is 1. The topological polar surface area (TPSA) is 93.6 Å². The molecule has 0 amide bonds. The fourth-order valence-electron chi connectivity index (χ4n) is 4.45. The number of aromatic nitrogens is 2. The molecule has 0 aliphatic rings. The zero-order chi connectivity index (χ0) is 28.4. The molecule has 0 radical (unpaired) electrons. The van der Waals surface area contributed by atoms with Crippen LogP contribution in [0.3, 0.4) is 0 Å². The number of halogens is 1. The molecular formula is C33H30FN3O4. The Bertz CT molecular complexity index is 1630.